The summed E-state index contributed by atoms with van der Waals surface area (Å²) >= 11 is 0. The molecule has 0 aliphatic rings. The molecule has 0 atom stereocenters. The molecule has 0 heterocycles. The minimum Gasteiger partial charge on any atom is -0.379 e. The summed E-state index contributed by atoms with van der Waals surface area (Å²) in [6, 6.07) is 18.2. The highest BCUT2D eigenvalue weighted by Crippen LogP contribution is 2.22. The average Bonchev–Trinajstić information content (AvgIpc) is 2.74. The molecule has 0 saturated heterocycles. The Morgan fingerprint density at radius 1 is 1.03 bits per heavy atom. The summed E-state index contributed by atoms with van der Waals surface area (Å²) < 4.78 is 29.8. The van der Waals surface area contributed by atoms with Gasteiger partial charge in [-0.25, -0.2) is 0 Å². The molecule has 0 bridgehead atoms. The van der Waals surface area contributed by atoms with E-state index < -0.39 is 15.0 Å². The van der Waals surface area contributed by atoms with Crippen molar-refractivity contribution in [1.82, 2.24) is 5.32 Å². The van der Waals surface area contributed by atoms with Crippen LogP contribution >= 0.6 is 0 Å². The van der Waals surface area contributed by atoms with Gasteiger partial charge in [0, 0.05) is 24.2 Å². The predicted molar refractivity (Wildman–Crippen MR) is 115 cm³/mol. The number of nitro benzene ring substituents is 1. The van der Waals surface area contributed by atoms with Crippen LogP contribution in [0.1, 0.15) is 21.5 Å². The van der Waals surface area contributed by atoms with E-state index in [1.165, 1.54) is 42.5 Å². The van der Waals surface area contributed by atoms with Crippen molar-refractivity contribution in [3.63, 3.8) is 0 Å². The summed E-state index contributed by atoms with van der Waals surface area (Å²) in [5, 5.41) is 13.7. The van der Waals surface area contributed by atoms with E-state index in [2.05, 4.69) is 11.4 Å². The summed E-state index contributed by atoms with van der Waals surface area (Å²) in [4.78, 5) is 22.1. The highest BCUT2D eigenvalue weighted by Gasteiger charge is 2.20. The van der Waals surface area contributed by atoms with Gasteiger partial charge in [0.25, 0.3) is 11.6 Å². The summed E-state index contributed by atoms with van der Waals surface area (Å²) in [6.07, 6.45) is 0.691. The third-order valence-electron chi connectivity index (χ3n) is 4.42. The van der Waals surface area contributed by atoms with Crippen LogP contribution in [0.15, 0.2) is 77.7 Å². The molecule has 0 aromatic heterocycles. The van der Waals surface area contributed by atoms with Gasteiger partial charge < -0.3 is 9.50 Å². The molecule has 0 radical (unpaired) electrons. The van der Waals surface area contributed by atoms with Gasteiger partial charge in [0.05, 0.1) is 4.92 Å². The van der Waals surface area contributed by atoms with Gasteiger partial charge in [-0.05, 0) is 49.2 Å². The SMILES string of the molecule is Cc1cccc(CCNC(=O)c2ccc(OS(=O)(=O)c3cccc([N+](=O)[O-])c3)cc2)c1. The van der Waals surface area contributed by atoms with Gasteiger partial charge in [0.15, 0.2) is 0 Å². The minimum absolute atomic E-state index is 0.0113. The molecule has 0 unspecified atom stereocenters. The number of hydrogen-bond donors (Lipinski definition) is 1. The van der Waals surface area contributed by atoms with Gasteiger partial charge in [-0.1, -0.05) is 35.9 Å². The predicted octanol–water partition coefficient (Wildman–Crippen LogP) is 3.64. The van der Waals surface area contributed by atoms with Crippen LogP contribution in [0.5, 0.6) is 5.75 Å². The number of rotatable bonds is 8. The van der Waals surface area contributed by atoms with E-state index in [1.54, 1.807) is 0 Å². The maximum absolute atomic E-state index is 12.4. The number of nitro groups is 1. The maximum atomic E-state index is 12.4. The van der Waals surface area contributed by atoms with Crippen LogP contribution in [-0.4, -0.2) is 25.8 Å². The number of benzene rings is 3. The molecule has 0 saturated carbocycles. The van der Waals surface area contributed by atoms with Crippen LogP contribution in [0.3, 0.4) is 0 Å². The number of nitrogens with one attached hydrogen (secondary N) is 1. The quantitative estimate of drug-likeness (QED) is 0.325. The Balaban J connectivity index is 1.61. The normalized spacial score (nSPS) is 11.0. The fraction of sp³-hybridized carbons (Fsp3) is 0.136. The van der Waals surface area contributed by atoms with E-state index in [4.69, 9.17) is 4.18 Å². The third-order valence-corrected chi connectivity index (χ3v) is 5.66. The Hall–Kier alpha value is -3.72. The zero-order valence-electron chi connectivity index (χ0n) is 16.6. The second-order valence-corrected chi connectivity index (χ2v) is 8.36. The molecular formula is C22H20N2O6S. The molecule has 8 nitrogen and oxygen atoms in total. The van der Waals surface area contributed by atoms with Crippen LogP contribution in [0, 0.1) is 17.0 Å². The molecule has 0 aliphatic carbocycles. The van der Waals surface area contributed by atoms with Crippen LogP contribution in [0.25, 0.3) is 0 Å². The molecule has 1 N–H and O–H groups in total. The molecule has 31 heavy (non-hydrogen) atoms. The highest BCUT2D eigenvalue weighted by atomic mass is 32.2. The number of aryl methyl sites for hydroxylation is 1. The van der Waals surface area contributed by atoms with Crippen molar-refractivity contribution in [2.75, 3.05) is 6.54 Å². The summed E-state index contributed by atoms with van der Waals surface area (Å²) in [5.41, 5.74) is 2.27. The largest absolute Gasteiger partial charge is 0.379 e. The fourth-order valence-corrected chi connectivity index (χ4v) is 3.85. The number of non-ortho nitro benzene ring substituents is 1. The molecule has 3 aromatic rings. The second kappa shape index (κ2) is 9.40. The first kappa shape index (κ1) is 22.0. The highest BCUT2D eigenvalue weighted by molar-refractivity contribution is 7.87. The number of nitrogens with zero attached hydrogens (tertiary/aromatic N) is 1. The van der Waals surface area contributed by atoms with E-state index in [-0.39, 0.29) is 22.2 Å². The molecular weight excluding hydrogens is 420 g/mol. The van der Waals surface area contributed by atoms with E-state index in [0.29, 0.717) is 18.5 Å². The molecule has 1 amide bonds. The van der Waals surface area contributed by atoms with E-state index in [1.807, 2.05) is 25.1 Å². The third kappa shape index (κ3) is 5.89. The molecule has 3 rings (SSSR count). The average molecular weight is 440 g/mol. The smallest absolute Gasteiger partial charge is 0.339 e. The van der Waals surface area contributed by atoms with E-state index in [0.717, 1.165) is 17.2 Å². The van der Waals surface area contributed by atoms with Crippen molar-refractivity contribution < 1.29 is 22.3 Å². The number of amides is 1. The molecule has 0 spiro atoms. The van der Waals surface area contributed by atoms with Gasteiger partial charge in [0.2, 0.25) is 0 Å². The van der Waals surface area contributed by atoms with Gasteiger partial charge in [0.1, 0.15) is 10.6 Å². The van der Waals surface area contributed by atoms with E-state index >= 15 is 0 Å². The first-order valence-electron chi connectivity index (χ1n) is 9.37. The molecule has 0 fully saturated rings. The summed E-state index contributed by atoms with van der Waals surface area (Å²) in [6.45, 7) is 2.46. The number of hydrogen-bond acceptors (Lipinski definition) is 6. The summed E-state index contributed by atoms with van der Waals surface area (Å²) in [5.74, 6) is -0.302. The van der Waals surface area contributed by atoms with Gasteiger partial charge in [-0.3, -0.25) is 14.9 Å². The molecule has 9 heteroatoms. The van der Waals surface area contributed by atoms with E-state index in [9.17, 15) is 23.3 Å². The van der Waals surface area contributed by atoms with Crippen LogP contribution in [0.4, 0.5) is 5.69 Å². The Morgan fingerprint density at radius 3 is 2.42 bits per heavy atom. The zero-order valence-corrected chi connectivity index (χ0v) is 17.5. The van der Waals surface area contributed by atoms with Gasteiger partial charge in [-0.2, -0.15) is 8.42 Å². The lowest BCUT2D eigenvalue weighted by Gasteiger charge is -2.09. The van der Waals surface area contributed by atoms with Crippen LogP contribution < -0.4 is 9.50 Å². The Labute approximate surface area is 179 Å². The molecule has 0 aliphatic heterocycles. The van der Waals surface area contributed by atoms with Crippen molar-refractivity contribution in [1.29, 1.82) is 0 Å². The van der Waals surface area contributed by atoms with Crippen molar-refractivity contribution in [2.24, 2.45) is 0 Å². The number of carbonyl (C=O) groups is 1. The van der Waals surface area contributed by atoms with Crippen molar-refractivity contribution in [3.05, 3.63) is 99.6 Å². The lowest BCUT2D eigenvalue weighted by molar-refractivity contribution is -0.385. The Bertz CT molecular complexity index is 1210. The van der Waals surface area contributed by atoms with Crippen LogP contribution in [0.2, 0.25) is 0 Å². The number of carbonyl (C=O) groups excluding carboxylic acids is 1. The monoisotopic (exact) mass is 440 g/mol. The van der Waals surface area contributed by atoms with Crippen molar-refractivity contribution >= 4 is 21.7 Å². The maximum Gasteiger partial charge on any atom is 0.339 e. The lowest BCUT2D eigenvalue weighted by atomic mass is 10.1. The first-order valence-corrected chi connectivity index (χ1v) is 10.8. The van der Waals surface area contributed by atoms with Crippen LogP contribution in [-0.2, 0) is 16.5 Å². The zero-order chi connectivity index (χ0) is 22.4. The minimum atomic E-state index is -4.26. The second-order valence-electron chi connectivity index (χ2n) is 6.81. The summed E-state index contributed by atoms with van der Waals surface area (Å²) in [7, 11) is -4.26. The Morgan fingerprint density at radius 2 is 1.74 bits per heavy atom. The lowest BCUT2D eigenvalue weighted by Crippen LogP contribution is -2.25. The first-order chi connectivity index (χ1) is 14.7. The van der Waals surface area contributed by atoms with Crippen molar-refractivity contribution in [2.45, 2.75) is 18.2 Å². The Kier molecular flexibility index (Phi) is 6.66. The molecule has 160 valence electrons. The fourth-order valence-electron chi connectivity index (χ4n) is 2.88. The van der Waals surface area contributed by atoms with Crippen molar-refractivity contribution in [3.8, 4) is 5.75 Å². The van der Waals surface area contributed by atoms with Gasteiger partial charge >= 0.3 is 10.1 Å². The topological polar surface area (TPSA) is 116 Å². The standard InChI is InChI=1S/C22H20N2O6S/c1-16-4-2-5-17(14-16)12-13-23-22(25)18-8-10-20(11-9-18)30-31(28,29)21-7-3-6-19(15-21)24(26)27/h2-11,14-15H,12-13H2,1H3,(H,23,25). The van der Waals surface area contributed by atoms with Gasteiger partial charge in [-0.15, -0.1) is 0 Å². The molecule has 3 aromatic carbocycles.